The predicted molar refractivity (Wildman–Crippen MR) is 78.2 cm³/mol. The minimum Gasteiger partial charge on any atom is -0.379 e. The van der Waals surface area contributed by atoms with Crippen LogP contribution in [0.25, 0.3) is 0 Å². The van der Waals surface area contributed by atoms with Gasteiger partial charge in [0.05, 0.1) is 3.79 Å². The molecule has 0 spiro atoms. The molecule has 84 valence electrons. The topological polar surface area (TPSA) is 12.0 Å². The second kappa shape index (κ2) is 5.34. The first-order valence-corrected chi connectivity index (χ1v) is 7.29. The van der Waals surface area contributed by atoms with Crippen molar-refractivity contribution in [3.63, 3.8) is 0 Å². The number of nitrogens with one attached hydrogen (secondary N) is 1. The Labute approximate surface area is 116 Å². The number of anilines is 1. The third-order valence-corrected chi connectivity index (χ3v) is 4.49. The lowest BCUT2D eigenvalue weighted by molar-refractivity contribution is 1.19. The minimum atomic E-state index is 0.859. The van der Waals surface area contributed by atoms with Crippen molar-refractivity contribution in [3.8, 4) is 0 Å². The zero-order chi connectivity index (χ0) is 11.5. The number of halogens is 2. The Bertz CT molecular complexity index is 494. The molecule has 2 aromatic rings. The Morgan fingerprint density at radius 3 is 2.62 bits per heavy atom. The van der Waals surface area contributed by atoms with Crippen molar-refractivity contribution in [1.82, 2.24) is 0 Å². The molecule has 1 aromatic heterocycles. The highest BCUT2D eigenvalue weighted by Crippen LogP contribution is 2.26. The second-order valence-corrected chi connectivity index (χ2v) is 6.94. The van der Waals surface area contributed by atoms with Crippen LogP contribution in [0.2, 0.25) is 0 Å². The summed E-state index contributed by atoms with van der Waals surface area (Å²) in [5, 5.41) is 3.41. The van der Waals surface area contributed by atoms with Gasteiger partial charge in [-0.15, -0.1) is 11.3 Å². The largest absolute Gasteiger partial charge is 0.379 e. The van der Waals surface area contributed by atoms with Crippen molar-refractivity contribution >= 4 is 48.9 Å². The molecule has 4 heteroatoms. The molecule has 16 heavy (non-hydrogen) atoms. The van der Waals surface area contributed by atoms with E-state index in [4.69, 9.17) is 0 Å². The molecule has 0 aliphatic carbocycles. The van der Waals surface area contributed by atoms with Crippen molar-refractivity contribution in [1.29, 1.82) is 0 Å². The molecule has 1 nitrogen and oxygen atoms in total. The van der Waals surface area contributed by atoms with E-state index >= 15 is 0 Å². The van der Waals surface area contributed by atoms with Crippen LogP contribution >= 0.6 is 43.2 Å². The van der Waals surface area contributed by atoms with Gasteiger partial charge in [-0.1, -0.05) is 6.07 Å². The summed E-state index contributed by atoms with van der Waals surface area (Å²) in [7, 11) is 0. The van der Waals surface area contributed by atoms with Gasteiger partial charge in [0.25, 0.3) is 0 Å². The Morgan fingerprint density at radius 1 is 1.19 bits per heavy atom. The zero-order valence-corrected chi connectivity index (χ0v) is 12.7. The molecule has 0 fully saturated rings. The van der Waals surface area contributed by atoms with Crippen LogP contribution in [0.3, 0.4) is 0 Å². The molecule has 0 bridgehead atoms. The summed E-state index contributed by atoms with van der Waals surface area (Å²) in [6.07, 6.45) is 0. The molecule has 1 aromatic carbocycles. The summed E-state index contributed by atoms with van der Waals surface area (Å²) in [5.74, 6) is 0. The number of rotatable bonds is 3. The van der Waals surface area contributed by atoms with Gasteiger partial charge in [-0.05, 0) is 68.6 Å². The molecule has 0 aliphatic rings. The smallest absolute Gasteiger partial charge is 0.0702 e. The van der Waals surface area contributed by atoms with Gasteiger partial charge in [0.15, 0.2) is 0 Å². The van der Waals surface area contributed by atoms with Gasteiger partial charge in [0, 0.05) is 21.6 Å². The fraction of sp³-hybridized carbons (Fsp3) is 0.167. The Morgan fingerprint density at radius 2 is 2.00 bits per heavy atom. The summed E-state index contributed by atoms with van der Waals surface area (Å²) in [6, 6.07) is 10.5. The molecule has 0 radical (unpaired) electrons. The van der Waals surface area contributed by atoms with E-state index in [1.807, 2.05) is 0 Å². The lowest BCUT2D eigenvalue weighted by Crippen LogP contribution is -1.98. The van der Waals surface area contributed by atoms with E-state index in [1.54, 1.807) is 11.3 Å². The highest BCUT2D eigenvalue weighted by Gasteiger charge is 2.01. The van der Waals surface area contributed by atoms with Crippen molar-refractivity contribution in [3.05, 3.63) is 49.0 Å². The highest BCUT2D eigenvalue weighted by molar-refractivity contribution is 9.11. The van der Waals surface area contributed by atoms with Gasteiger partial charge < -0.3 is 5.32 Å². The molecule has 0 unspecified atom stereocenters. The predicted octanol–water partition coefficient (Wildman–Crippen LogP) is 5.19. The SMILES string of the molecule is Cc1ccc(NCc2ccc(Br)s2)c(Br)c1. The van der Waals surface area contributed by atoms with Crippen LogP contribution in [0.1, 0.15) is 10.4 Å². The lowest BCUT2D eigenvalue weighted by atomic mass is 10.2. The molecule has 0 aliphatic heterocycles. The maximum Gasteiger partial charge on any atom is 0.0702 e. The quantitative estimate of drug-likeness (QED) is 0.793. The fourth-order valence-electron chi connectivity index (χ4n) is 1.39. The first kappa shape index (κ1) is 12.1. The standard InChI is InChI=1S/C12H11Br2NS/c1-8-2-4-11(10(13)6-8)15-7-9-3-5-12(14)16-9/h2-6,15H,7H2,1H3. The van der Waals surface area contributed by atoms with Gasteiger partial charge in [-0.3, -0.25) is 0 Å². The first-order valence-electron chi connectivity index (χ1n) is 4.89. The van der Waals surface area contributed by atoms with E-state index in [1.165, 1.54) is 14.2 Å². The van der Waals surface area contributed by atoms with Crippen LogP contribution in [0.4, 0.5) is 5.69 Å². The lowest BCUT2D eigenvalue weighted by Gasteiger charge is -2.07. The van der Waals surface area contributed by atoms with Gasteiger partial charge in [-0.25, -0.2) is 0 Å². The summed E-state index contributed by atoms with van der Waals surface area (Å²) >= 11 is 8.78. The maximum atomic E-state index is 3.56. The first-order chi connectivity index (χ1) is 7.65. The van der Waals surface area contributed by atoms with Crippen LogP contribution in [0.15, 0.2) is 38.6 Å². The monoisotopic (exact) mass is 359 g/mol. The van der Waals surface area contributed by atoms with Crippen LogP contribution in [0.5, 0.6) is 0 Å². The molecule has 2 rings (SSSR count). The summed E-state index contributed by atoms with van der Waals surface area (Å²) in [5.41, 5.74) is 2.39. The Kier molecular flexibility index (Phi) is 4.05. The van der Waals surface area contributed by atoms with Gasteiger partial charge >= 0.3 is 0 Å². The fourth-order valence-corrected chi connectivity index (χ4v) is 3.45. The van der Waals surface area contributed by atoms with Crippen LogP contribution in [0, 0.1) is 6.92 Å². The zero-order valence-electron chi connectivity index (χ0n) is 8.76. The number of hydrogen-bond donors (Lipinski definition) is 1. The molecular formula is C12H11Br2NS. The summed E-state index contributed by atoms with van der Waals surface area (Å²) < 4.78 is 2.29. The van der Waals surface area contributed by atoms with Crippen LogP contribution in [-0.2, 0) is 6.54 Å². The number of benzene rings is 1. The highest BCUT2D eigenvalue weighted by atomic mass is 79.9. The van der Waals surface area contributed by atoms with Gasteiger partial charge in [0.2, 0.25) is 0 Å². The van der Waals surface area contributed by atoms with E-state index in [-0.39, 0.29) is 0 Å². The van der Waals surface area contributed by atoms with E-state index in [0.29, 0.717) is 0 Å². The Balaban J connectivity index is 2.04. The maximum absolute atomic E-state index is 3.56. The number of thiophene rings is 1. The molecule has 0 saturated heterocycles. The molecule has 0 amide bonds. The molecule has 1 N–H and O–H groups in total. The van der Waals surface area contributed by atoms with Gasteiger partial charge in [-0.2, -0.15) is 0 Å². The van der Waals surface area contributed by atoms with Crippen molar-refractivity contribution in [2.24, 2.45) is 0 Å². The van der Waals surface area contributed by atoms with Gasteiger partial charge in [0.1, 0.15) is 0 Å². The summed E-state index contributed by atoms with van der Waals surface area (Å²) in [4.78, 5) is 1.32. The van der Waals surface area contributed by atoms with E-state index in [0.717, 1.165) is 16.7 Å². The summed E-state index contributed by atoms with van der Waals surface area (Å²) in [6.45, 7) is 2.95. The van der Waals surface area contributed by atoms with E-state index < -0.39 is 0 Å². The third-order valence-electron chi connectivity index (χ3n) is 2.21. The van der Waals surface area contributed by atoms with Crippen molar-refractivity contribution in [2.75, 3.05) is 5.32 Å². The molecular weight excluding hydrogens is 350 g/mol. The number of aryl methyl sites for hydroxylation is 1. The van der Waals surface area contributed by atoms with Crippen molar-refractivity contribution in [2.45, 2.75) is 13.5 Å². The number of hydrogen-bond acceptors (Lipinski definition) is 2. The average Bonchev–Trinajstić information content (AvgIpc) is 2.63. The normalized spacial score (nSPS) is 10.4. The van der Waals surface area contributed by atoms with E-state index in [9.17, 15) is 0 Å². The minimum absolute atomic E-state index is 0.859. The second-order valence-electron chi connectivity index (χ2n) is 3.54. The third kappa shape index (κ3) is 3.09. The van der Waals surface area contributed by atoms with Crippen LogP contribution in [-0.4, -0.2) is 0 Å². The molecule has 0 saturated carbocycles. The Hall–Kier alpha value is -0.320. The molecule has 0 atom stereocenters. The van der Waals surface area contributed by atoms with Crippen molar-refractivity contribution < 1.29 is 0 Å². The average molecular weight is 361 g/mol. The van der Waals surface area contributed by atoms with Crippen LogP contribution < -0.4 is 5.32 Å². The molecule has 1 heterocycles. The van der Waals surface area contributed by atoms with E-state index in [2.05, 4.69) is 74.4 Å².